The van der Waals surface area contributed by atoms with Gasteiger partial charge in [-0.25, -0.2) is 0 Å². The van der Waals surface area contributed by atoms with Gasteiger partial charge >= 0.3 is 0 Å². The van der Waals surface area contributed by atoms with Crippen LogP contribution in [0, 0.1) is 6.92 Å². The van der Waals surface area contributed by atoms with E-state index < -0.39 is 0 Å². The molecule has 1 aliphatic rings. The van der Waals surface area contributed by atoms with Crippen molar-refractivity contribution < 1.29 is 9.90 Å². The number of benzene rings is 1. The molecule has 0 spiro atoms. The van der Waals surface area contributed by atoms with E-state index in [1.807, 2.05) is 31.2 Å². The summed E-state index contributed by atoms with van der Waals surface area (Å²) in [6, 6.07) is 8.00. The maximum absolute atomic E-state index is 11.9. The van der Waals surface area contributed by atoms with E-state index in [1.54, 1.807) is 11.8 Å². The molecule has 0 heterocycles. The van der Waals surface area contributed by atoms with Gasteiger partial charge in [0.2, 0.25) is 5.91 Å². The van der Waals surface area contributed by atoms with E-state index in [-0.39, 0.29) is 18.1 Å². The number of thioether (sulfide) groups is 1. The molecule has 1 aromatic carbocycles. The molecule has 0 radical (unpaired) electrons. The fourth-order valence-electron chi connectivity index (χ4n) is 2.39. The average molecular weight is 279 g/mol. The summed E-state index contributed by atoms with van der Waals surface area (Å²) in [5.41, 5.74) is 1.19. The van der Waals surface area contributed by atoms with Crippen molar-refractivity contribution in [3.8, 4) is 0 Å². The van der Waals surface area contributed by atoms with Gasteiger partial charge < -0.3 is 10.4 Å². The Morgan fingerprint density at radius 1 is 1.37 bits per heavy atom. The zero-order valence-corrected chi connectivity index (χ0v) is 12.1. The van der Waals surface area contributed by atoms with Crippen molar-refractivity contribution in [2.45, 2.75) is 49.6 Å². The zero-order chi connectivity index (χ0) is 13.7. The maximum Gasteiger partial charge on any atom is 0.230 e. The number of carbonyl (C=O) groups excluding carboxylic acids is 1. The van der Waals surface area contributed by atoms with Crippen molar-refractivity contribution >= 4 is 17.7 Å². The molecule has 0 aliphatic heterocycles. The van der Waals surface area contributed by atoms with Crippen LogP contribution in [-0.4, -0.2) is 28.9 Å². The molecule has 2 N–H and O–H groups in total. The van der Waals surface area contributed by atoms with Crippen molar-refractivity contribution in [1.82, 2.24) is 5.32 Å². The van der Waals surface area contributed by atoms with Gasteiger partial charge in [-0.05, 0) is 31.4 Å². The van der Waals surface area contributed by atoms with Crippen LogP contribution in [-0.2, 0) is 4.79 Å². The molecule has 4 heteroatoms. The highest BCUT2D eigenvalue weighted by Crippen LogP contribution is 2.22. The number of nitrogens with one attached hydrogen (secondary N) is 1. The van der Waals surface area contributed by atoms with Gasteiger partial charge in [0.15, 0.2) is 0 Å². The minimum Gasteiger partial charge on any atom is -0.391 e. The maximum atomic E-state index is 11.9. The van der Waals surface area contributed by atoms with E-state index in [2.05, 4.69) is 5.32 Å². The van der Waals surface area contributed by atoms with Crippen LogP contribution in [0.5, 0.6) is 0 Å². The van der Waals surface area contributed by atoms with Gasteiger partial charge in [-0.1, -0.05) is 31.0 Å². The molecule has 3 nitrogen and oxygen atoms in total. The third-order valence-electron chi connectivity index (χ3n) is 3.53. The Bertz CT molecular complexity index is 436. The molecule has 2 unspecified atom stereocenters. The van der Waals surface area contributed by atoms with Crippen LogP contribution in [0.4, 0.5) is 0 Å². The lowest BCUT2D eigenvalue weighted by Crippen LogP contribution is -2.45. The van der Waals surface area contributed by atoms with Crippen LogP contribution < -0.4 is 5.32 Å². The normalized spacial score (nSPS) is 23.1. The minimum absolute atomic E-state index is 0.0132. The molecular weight excluding hydrogens is 258 g/mol. The van der Waals surface area contributed by atoms with Crippen molar-refractivity contribution in [3.05, 3.63) is 29.8 Å². The summed E-state index contributed by atoms with van der Waals surface area (Å²) in [5.74, 6) is 0.424. The Kier molecular flexibility index (Phi) is 5.28. The lowest BCUT2D eigenvalue weighted by atomic mass is 9.93. The fraction of sp³-hybridized carbons (Fsp3) is 0.533. The summed E-state index contributed by atoms with van der Waals surface area (Å²) in [5, 5.41) is 12.8. The standard InChI is InChI=1S/C15H21NO2S/c1-11-6-2-5-9-14(11)19-10-15(18)16-12-7-3-4-8-13(12)17/h2,5-6,9,12-13,17H,3-4,7-8,10H2,1H3,(H,16,18). The van der Waals surface area contributed by atoms with E-state index in [4.69, 9.17) is 0 Å². The summed E-state index contributed by atoms with van der Waals surface area (Å²) >= 11 is 1.55. The first-order valence-electron chi connectivity index (χ1n) is 6.82. The number of amides is 1. The number of hydrogen-bond acceptors (Lipinski definition) is 3. The number of rotatable bonds is 4. The van der Waals surface area contributed by atoms with Crippen LogP contribution in [0.2, 0.25) is 0 Å². The van der Waals surface area contributed by atoms with Gasteiger partial charge in [0.1, 0.15) is 0 Å². The van der Waals surface area contributed by atoms with E-state index in [9.17, 15) is 9.90 Å². The van der Waals surface area contributed by atoms with Gasteiger partial charge in [0.05, 0.1) is 17.9 Å². The topological polar surface area (TPSA) is 49.3 Å². The van der Waals surface area contributed by atoms with E-state index in [0.717, 1.165) is 30.6 Å². The number of aryl methyl sites for hydroxylation is 1. The highest BCUT2D eigenvalue weighted by atomic mass is 32.2. The van der Waals surface area contributed by atoms with Crippen LogP contribution >= 0.6 is 11.8 Å². The molecule has 1 fully saturated rings. The highest BCUT2D eigenvalue weighted by Gasteiger charge is 2.24. The largest absolute Gasteiger partial charge is 0.391 e. The van der Waals surface area contributed by atoms with E-state index in [0.29, 0.717) is 5.75 Å². The monoisotopic (exact) mass is 279 g/mol. The second-order valence-corrected chi connectivity index (χ2v) is 6.10. The molecule has 1 aromatic rings. The molecule has 1 aliphatic carbocycles. The lowest BCUT2D eigenvalue weighted by Gasteiger charge is -2.28. The Morgan fingerprint density at radius 3 is 2.84 bits per heavy atom. The SMILES string of the molecule is Cc1ccccc1SCC(=O)NC1CCCCC1O. The first kappa shape index (κ1) is 14.4. The van der Waals surface area contributed by atoms with Crippen LogP contribution in [0.25, 0.3) is 0 Å². The minimum atomic E-state index is -0.374. The number of carbonyl (C=O) groups is 1. The highest BCUT2D eigenvalue weighted by molar-refractivity contribution is 8.00. The van der Waals surface area contributed by atoms with Gasteiger partial charge in [-0.15, -0.1) is 11.8 Å². The predicted molar refractivity (Wildman–Crippen MR) is 78.3 cm³/mol. The van der Waals surface area contributed by atoms with E-state index in [1.165, 1.54) is 5.56 Å². The fourth-order valence-corrected chi connectivity index (χ4v) is 3.23. The molecular formula is C15H21NO2S. The summed E-state index contributed by atoms with van der Waals surface area (Å²) in [6.45, 7) is 2.05. The van der Waals surface area contributed by atoms with Crippen LogP contribution in [0.15, 0.2) is 29.2 Å². The number of aliphatic hydroxyl groups is 1. The third-order valence-corrected chi connectivity index (χ3v) is 4.70. The first-order chi connectivity index (χ1) is 9.16. The third kappa shape index (κ3) is 4.25. The Balaban J connectivity index is 1.80. The molecule has 1 saturated carbocycles. The second-order valence-electron chi connectivity index (χ2n) is 5.08. The Labute approximate surface area is 118 Å². The Morgan fingerprint density at radius 2 is 2.11 bits per heavy atom. The summed E-state index contributed by atoms with van der Waals surface area (Å²) in [6.07, 6.45) is 3.47. The second kappa shape index (κ2) is 6.96. The van der Waals surface area contributed by atoms with Crippen molar-refractivity contribution in [1.29, 1.82) is 0 Å². The molecule has 0 bridgehead atoms. The first-order valence-corrected chi connectivity index (χ1v) is 7.81. The van der Waals surface area contributed by atoms with Crippen molar-refractivity contribution in [3.63, 3.8) is 0 Å². The molecule has 19 heavy (non-hydrogen) atoms. The number of aliphatic hydroxyl groups excluding tert-OH is 1. The molecule has 104 valence electrons. The van der Waals surface area contributed by atoms with Gasteiger partial charge in [-0.3, -0.25) is 4.79 Å². The molecule has 0 aromatic heterocycles. The van der Waals surface area contributed by atoms with Gasteiger partial charge in [0.25, 0.3) is 0 Å². The zero-order valence-electron chi connectivity index (χ0n) is 11.3. The molecule has 2 rings (SSSR count). The van der Waals surface area contributed by atoms with Crippen molar-refractivity contribution in [2.24, 2.45) is 0 Å². The lowest BCUT2D eigenvalue weighted by molar-refractivity contribution is -0.120. The molecule has 0 saturated heterocycles. The molecule has 2 atom stereocenters. The van der Waals surface area contributed by atoms with E-state index >= 15 is 0 Å². The van der Waals surface area contributed by atoms with Crippen molar-refractivity contribution in [2.75, 3.05) is 5.75 Å². The Hall–Kier alpha value is -1.00. The summed E-state index contributed by atoms with van der Waals surface area (Å²) < 4.78 is 0. The smallest absolute Gasteiger partial charge is 0.230 e. The quantitative estimate of drug-likeness (QED) is 0.833. The summed E-state index contributed by atoms with van der Waals surface area (Å²) in [4.78, 5) is 13.0. The number of hydrogen-bond donors (Lipinski definition) is 2. The predicted octanol–water partition coefficient (Wildman–Crippen LogP) is 2.51. The summed E-state index contributed by atoms with van der Waals surface area (Å²) in [7, 11) is 0. The van der Waals surface area contributed by atoms with Crippen LogP contribution in [0.3, 0.4) is 0 Å². The van der Waals surface area contributed by atoms with Gasteiger partial charge in [0, 0.05) is 4.90 Å². The van der Waals surface area contributed by atoms with Gasteiger partial charge in [-0.2, -0.15) is 0 Å². The average Bonchev–Trinajstić information content (AvgIpc) is 2.40. The van der Waals surface area contributed by atoms with Crippen LogP contribution in [0.1, 0.15) is 31.2 Å². The molecule has 1 amide bonds.